The molecule has 0 heterocycles. The van der Waals surface area contributed by atoms with Crippen molar-refractivity contribution in [3.63, 3.8) is 0 Å². The highest BCUT2D eigenvalue weighted by Crippen LogP contribution is 2.27. The lowest BCUT2D eigenvalue weighted by Gasteiger charge is -2.24. The zero-order chi connectivity index (χ0) is 14.7. The van der Waals surface area contributed by atoms with E-state index in [4.69, 9.17) is 23.2 Å². The molecule has 0 aliphatic carbocycles. The Morgan fingerprint density at radius 1 is 1.32 bits per heavy atom. The van der Waals surface area contributed by atoms with Crippen LogP contribution in [0.2, 0.25) is 10.0 Å². The molecule has 0 saturated heterocycles. The predicted molar refractivity (Wildman–Crippen MR) is 75.7 cm³/mol. The van der Waals surface area contributed by atoms with E-state index in [-0.39, 0.29) is 14.9 Å². The van der Waals surface area contributed by atoms with Crippen LogP contribution in [-0.4, -0.2) is 14.0 Å². The monoisotopic (exact) mass is 320 g/mol. The van der Waals surface area contributed by atoms with Gasteiger partial charge in [0.1, 0.15) is 10.4 Å². The highest BCUT2D eigenvalue weighted by molar-refractivity contribution is 7.89. The van der Waals surface area contributed by atoms with E-state index in [2.05, 4.69) is 4.72 Å². The smallest absolute Gasteiger partial charge is 0.207 e. The minimum absolute atomic E-state index is 0.0657. The summed E-state index contributed by atoms with van der Waals surface area (Å²) in [7, 11) is -3.90. The maximum absolute atomic E-state index is 12.3. The van der Waals surface area contributed by atoms with Crippen LogP contribution in [-0.2, 0) is 10.0 Å². The molecule has 0 aliphatic heterocycles. The van der Waals surface area contributed by atoms with Crippen LogP contribution in [0.4, 0.5) is 0 Å². The van der Waals surface area contributed by atoms with E-state index in [9.17, 15) is 13.7 Å². The van der Waals surface area contributed by atoms with E-state index in [0.29, 0.717) is 12.8 Å². The Bertz CT molecular complexity index is 605. The van der Waals surface area contributed by atoms with Gasteiger partial charge < -0.3 is 0 Å². The summed E-state index contributed by atoms with van der Waals surface area (Å²) < 4.78 is 27.0. The Balaban J connectivity index is 3.26. The zero-order valence-electron chi connectivity index (χ0n) is 10.6. The van der Waals surface area contributed by atoms with Gasteiger partial charge in [-0.25, -0.2) is 8.42 Å². The maximum Gasteiger partial charge on any atom is 0.243 e. The second kappa shape index (κ2) is 6.10. The van der Waals surface area contributed by atoms with Crippen molar-refractivity contribution in [3.8, 4) is 6.07 Å². The van der Waals surface area contributed by atoms with Crippen LogP contribution < -0.4 is 4.72 Å². The molecular formula is C12H14Cl2N2O2S. The van der Waals surface area contributed by atoms with Crippen LogP contribution in [0.3, 0.4) is 0 Å². The van der Waals surface area contributed by atoms with Crippen molar-refractivity contribution in [2.75, 3.05) is 0 Å². The normalized spacial score (nSPS) is 12.2. The highest BCUT2D eigenvalue weighted by atomic mass is 35.5. The summed E-state index contributed by atoms with van der Waals surface area (Å²) in [5, 5.41) is 9.50. The predicted octanol–water partition coefficient (Wildman–Crippen LogP) is 3.35. The van der Waals surface area contributed by atoms with Crippen molar-refractivity contribution in [3.05, 3.63) is 28.2 Å². The Morgan fingerprint density at radius 2 is 1.89 bits per heavy atom. The van der Waals surface area contributed by atoms with Crippen LogP contribution in [0.25, 0.3) is 0 Å². The maximum atomic E-state index is 12.3. The van der Waals surface area contributed by atoms with Crippen LogP contribution in [0.1, 0.15) is 26.7 Å². The molecule has 0 aliphatic rings. The van der Waals surface area contributed by atoms with E-state index in [1.54, 1.807) is 13.8 Å². The van der Waals surface area contributed by atoms with Crippen LogP contribution >= 0.6 is 23.2 Å². The Morgan fingerprint density at radius 3 is 2.37 bits per heavy atom. The molecule has 1 N–H and O–H groups in total. The summed E-state index contributed by atoms with van der Waals surface area (Å²) in [4.78, 5) is -0.122. The number of sulfonamides is 1. The summed E-state index contributed by atoms with van der Waals surface area (Å²) in [6, 6.07) is 6.18. The third kappa shape index (κ3) is 3.61. The molecule has 0 saturated carbocycles. The largest absolute Gasteiger partial charge is 0.243 e. The molecule has 19 heavy (non-hydrogen) atoms. The molecule has 1 aromatic carbocycles. The molecule has 7 heteroatoms. The average Bonchev–Trinajstić information content (AvgIpc) is 2.39. The molecule has 0 bridgehead atoms. The lowest BCUT2D eigenvalue weighted by atomic mass is 9.97. The van der Waals surface area contributed by atoms with Crippen LogP contribution in [0.15, 0.2) is 23.1 Å². The first-order valence-electron chi connectivity index (χ1n) is 5.70. The first-order chi connectivity index (χ1) is 8.80. The third-order valence-corrected chi connectivity index (χ3v) is 5.19. The topological polar surface area (TPSA) is 70.0 Å². The SMILES string of the molecule is CCC(C#N)(CC)NS(=O)(=O)c1cc(Cl)ccc1Cl. The Kier molecular flexibility index (Phi) is 5.22. The Hall–Kier alpha value is -0.800. The molecule has 0 atom stereocenters. The van der Waals surface area contributed by atoms with Crippen molar-refractivity contribution < 1.29 is 8.42 Å². The lowest BCUT2D eigenvalue weighted by molar-refractivity contribution is 0.446. The standard InChI is InChI=1S/C12H14Cl2N2O2S/c1-3-12(4-2,8-15)16-19(17,18)11-7-9(13)5-6-10(11)14/h5-7,16H,3-4H2,1-2H3. The number of nitrogens with zero attached hydrogens (tertiary/aromatic N) is 1. The van der Waals surface area contributed by atoms with Crippen molar-refractivity contribution in [1.29, 1.82) is 5.26 Å². The van der Waals surface area contributed by atoms with E-state index in [1.165, 1.54) is 18.2 Å². The van der Waals surface area contributed by atoms with Gasteiger partial charge in [-0.1, -0.05) is 37.0 Å². The summed E-state index contributed by atoms with van der Waals surface area (Å²) in [6.07, 6.45) is 0.717. The van der Waals surface area contributed by atoms with Gasteiger partial charge in [-0.3, -0.25) is 0 Å². The number of halogens is 2. The third-order valence-electron chi connectivity index (χ3n) is 2.93. The molecule has 0 radical (unpaired) electrons. The first-order valence-corrected chi connectivity index (χ1v) is 7.94. The number of nitriles is 1. The minimum atomic E-state index is -3.90. The molecule has 104 valence electrons. The highest BCUT2D eigenvalue weighted by Gasteiger charge is 2.33. The number of hydrogen-bond acceptors (Lipinski definition) is 3. The summed E-state index contributed by atoms with van der Waals surface area (Å²) in [6.45, 7) is 3.49. The van der Waals surface area contributed by atoms with Crippen molar-refractivity contribution >= 4 is 33.2 Å². The summed E-state index contributed by atoms with van der Waals surface area (Å²) >= 11 is 11.7. The number of hydrogen-bond donors (Lipinski definition) is 1. The number of benzene rings is 1. The molecule has 4 nitrogen and oxygen atoms in total. The summed E-state index contributed by atoms with van der Waals surface area (Å²) in [5.74, 6) is 0. The van der Waals surface area contributed by atoms with Gasteiger partial charge in [-0.2, -0.15) is 9.98 Å². The molecule has 0 spiro atoms. The van der Waals surface area contributed by atoms with E-state index < -0.39 is 15.6 Å². The molecule has 0 amide bonds. The minimum Gasteiger partial charge on any atom is -0.207 e. The van der Waals surface area contributed by atoms with Gasteiger partial charge in [0.2, 0.25) is 10.0 Å². The quantitative estimate of drug-likeness (QED) is 0.904. The Labute approximate surface area is 123 Å². The van der Waals surface area contributed by atoms with E-state index >= 15 is 0 Å². The lowest BCUT2D eigenvalue weighted by Crippen LogP contribution is -2.46. The van der Waals surface area contributed by atoms with E-state index in [1.807, 2.05) is 6.07 Å². The van der Waals surface area contributed by atoms with Crippen LogP contribution in [0, 0.1) is 11.3 Å². The van der Waals surface area contributed by atoms with Gasteiger partial charge in [-0.15, -0.1) is 0 Å². The molecule has 0 unspecified atom stereocenters. The van der Waals surface area contributed by atoms with Gasteiger partial charge in [0.05, 0.1) is 11.1 Å². The van der Waals surface area contributed by atoms with Crippen molar-refractivity contribution in [1.82, 2.24) is 4.72 Å². The molecule has 1 aromatic rings. The van der Waals surface area contributed by atoms with Gasteiger partial charge in [0.15, 0.2) is 0 Å². The molecule has 1 rings (SSSR count). The van der Waals surface area contributed by atoms with E-state index in [0.717, 1.165) is 0 Å². The molecular weight excluding hydrogens is 307 g/mol. The molecule has 0 fully saturated rings. The fourth-order valence-corrected chi connectivity index (χ4v) is 3.80. The molecule has 0 aromatic heterocycles. The van der Waals surface area contributed by atoms with Crippen LogP contribution in [0.5, 0.6) is 0 Å². The zero-order valence-corrected chi connectivity index (χ0v) is 12.9. The number of rotatable bonds is 5. The number of nitrogens with one attached hydrogen (secondary N) is 1. The van der Waals surface area contributed by atoms with Crippen molar-refractivity contribution in [2.45, 2.75) is 37.1 Å². The van der Waals surface area contributed by atoms with Gasteiger partial charge in [-0.05, 0) is 31.0 Å². The average molecular weight is 321 g/mol. The fourth-order valence-electron chi connectivity index (χ4n) is 1.57. The van der Waals surface area contributed by atoms with Gasteiger partial charge in [0, 0.05) is 5.02 Å². The second-order valence-electron chi connectivity index (χ2n) is 4.08. The van der Waals surface area contributed by atoms with Gasteiger partial charge in [0.25, 0.3) is 0 Å². The summed E-state index contributed by atoms with van der Waals surface area (Å²) in [5.41, 5.74) is -1.13. The first kappa shape index (κ1) is 16.3. The fraction of sp³-hybridized carbons (Fsp3) is 0.417. The van der Waals surface area contributed by atoms with Gasteiger partial charge >= 0.3 is 0 Å². The second-order valence-corrected chi connectivity index (χ2v) is 6.58. The van der Waals surface area contributed by atoms with Crippen molar-refractivity contribution in [2.24, 2.45) is 0 Å².